The number of halogens is 2. The zero-order valence-corrected chi connectivity index (χ0v) is 14.7. The maximum absolute atomic E-state index is 12.3. The number of carbonyl (C=O) groups excluding carboxylic acids is 1. The molecule has 0 saturated carbocycles. The van der Waals surface area contributed by atoms with Crippen LogP contribution >= 0.6 is 24.8 Å². The molecule has 1 saturated heterocycles. The van der Waals surface area contributed by atoms with Gasteiger partial charge in [-0.3, -0.25) is 9.78 Å². The third-order valence-corrected chi connectivity index (χ3v) is 3.58. The van der Waals surface area contributed by atoms with Crippen LogP contribution in [0.15, 0.2) is 48.7 Å². The van der Waals surface area contributed by atoms with Crippen LogP contribution in [0.25, 0.3) is 0 Å². The molecule has 0 spiro atoms. The van der Waals surface area contributed by atoms with Gasteiger partial charge in [0.05, 0.1) is 0 Å². The highest BCUT2D eigenvalue weighted by Gasteiger charge is 2.17. The third kappa shape index (κ3) is 5.67. The number of para-hydroxylation sites is 1. The fourth-order valence-electron chi connectivity index (χ4n) is 2.46. The lowest BCUT2D eigenvalue weighted by Gasteiger charge is -2.23. The van der Waals surface area contributed by atoms with E-state index in [1.807, 2.05) is 30.3 Å². The number of carbonyl (C=O) groups is 1. The topological polar surface area (TPSA) is 63.2 Å². The molecule has 0 unspecified atom stereocenters. The highest BCUT2D eigenvalue weighted by atomic mass is 35.5. The van der Waals surface area contributed by atoms with E-state index in [9.17, 15) is 4.79 Å². The Hall–Kier alpha value is -1.82. The van der Waals surface area contributed by atoms with E-state index in [0.29, 0.717) is 11.4 Å². The number of amides is 1. The molecule has 0 aliphatic carbocycles. The van der Waals surface area contributed by atoms with Crippen molar-refractivity contribution < 1.29 is 9.53 Å². The van der Waals surface area contributed by atoms with Crippen LogP contribution in [-0.2, 0) is 0 Å². The summed E-state index contributed by atoms with van der Waals surface area (Å²) in [5.41, 5.74) is 0.374. The SMILES string of the molecule is Cl.Cl.O=C(N[C@H]1CCCNC1)c1cc(Oc2ccccc2)ccn1. The minimum absolute atomic E-state index is 0. The number of rotatable bonds is 4. The molecule has 7 heteroatoms. The standard InChI is InChI=1S/C17H19N3O2.2ClH/c21-17(20-13-5-4-9-18-12-13)16-11-15(8-10-19-16)22-14-6-2-1-3-7-14;;/h1-3,6-8,10-11,13,18H,4-5,9,12H2,(H,20,21);2*1H/t13-;;/m0../s1. The van der Waals surface area contributed by atoms with Crippen molar-refractivity contribution in [3.63, 3.8) is 0 Å². The largest absolute Gasteiger partial charge is 0.457 e. The zero-order valence-electron chi connectivity index (χ0n) is 13.1. The van der Waals surface area contributed by atoms with Crippen LogP contribution in [0.3, 0.4) is 0 Å². The van der Waals surface area contributed by atoms with Gasteiger partial charge in [0.25, 0.3) is 5.91 Å². The highest BCUT2D eigenvalue weighted by molar-refractivity contribution is 5.92. The molecule has 1 aromatic heterocycles. The summed E-state index contributed by atoms with van der Waals surface area (Å²) in [5.74, 6) is 1.18. The first-order chi connectivity index (χ1) is 10.8. The molecule has 0 radical (unpaired) electrons. The van der Waals surface area contributed by atoms with Gasteiger partial charge in [-0.25, -0.2) is 0 Å². The van der Waals surface area contributed by atoms with Crippen molar-refractivity contribution in [2.24, 2.45) is 0 Å². The Bertz CT molecular complexity index is 635. The summed E-state index contributed by atoms with van der Waals surface area (Å²) in [6, 6.07) is 13.0. The van der Waals surface area contributed by atoms with Crippen LogP contribution in [0.1, 0.15) is 23.3 Å². The number of ether oxygens (including phenoxy) is 1. The monoisotopic (exact) mass is 369 g/mol. The predicted octanol–water partition coefficient (Wildman–Crippen LogP) is 3.20. The van der Waals surface area contributed by atoms with Crippen LogP contribution in [0.5, 0.6) is 11.5 Å². The molecule has 0 bridgehead atoms. The van der Waals surface area contributed by atoms with Gasteiger partial charge >= 0.3 is 0 Å². The molecule has 24 heavy (non-hydrogen) atoms. The van der Waals surface area contributed by atoms with Gasteiger partial charge in [-0.15, -0.1) is 24.8 Å². The lowest BCUT2D eigenvalue weighted by molar-refractivity contribution is 0.0925. The van der Waals surface area contributed by atoms with Crippen molar-refractivity contribution in [2.75, 3.05) is 13.1 Å². The van der Waals surface area contributed by atoms with Crippen LogP contribution in [-0.4, -0.2) is 30.0 Å². The molecule has 1 amide bonds. The number of nitrogens with zero attached hydrogens (tertiary/aromatic N) is 1. The maximum atomic E-state index is 12.3. The smallest absolute Gasteiger partial charge is 0.270 e. The van der Waals surface area contributed by atoms with E-state index in [1.165, 1.54) is 0 Å². The summed E-state index contributed by atoms with van der Waals surface area (Å²) in [5, 5.41) is 6.28. The van der Waals surface area contributed by atoms with Crippen molar-refractivity contribution in [3.05, 3.63) is 54.4 Å². The first-order valence-corrected chi connectivity index (χ1v) is 7.52. The number of aromatic nitrogens is 1. The molecule has 1 fully saturated rings. The van der Waals surface area contributed by atoms with Crippen LogP contribution in [0, 0.1) is 0 Å². The van der Waals surface area contributed by atoms with E-state index in [0.717, 1.165) is 31.7 Å². The lowest BCUT2D eigenvalue weighted by atomic mass is 10.1. The van der Waals surface area contributed by atoms with E-state index in [-0.39, 0.29) is 36.8 Å². The van der Waals surface area contributed by atoms with Gasteiger partial charge < -0.3 is 15.4 Å². The van der Waals surface area contributed by atoms with Crippen LogP contribution < -0.4 is 15.4 Å². The van der Waals surface area contributed by atoms with Crippen molar-refractivity contribution in [1.82, 2.24) is 15.6 Å². The Morgan fingerprint density at radius 1 is 1.17 bits per heavy atom. The molecule has 1 atom stereocenters. The Balaban J connectivity index is 0.00000144. The minimum atomic E-state index is -0.160. The van der Waals surface area contributed by atoms with E-state index in [1.54, 1.807) is 18.3 Å². The Morgan fingerprint density at radius 2 is 1.96 bits per heavy atom. The number of piperidine rings is 1. The van der Waals surface area contributed by atoms with E-state index < -0.39 is 0 Å². The van der Waals surface area contributed by atoms with Gasteiger partial charge in [0.1, 0.15) is 17.2 Å². The van der Waals surface area contributed by atoms with Crippen LogP contribution in [0.4, 0.5) is 0 Å². The molecule has 2 aromatic rings. The van der Waals surface area contributed by atoms with Gasteiger partial charge in [-0.2, -0.15) is 0 Å². The zero-order chi connectivity index (χ0) is 15.2. The fourth-order valence-corrected chi connectivity index (χ4v) is 2.46. The summed E-state index contributed by atoms with van der Waals surface area (Å²) < 4.78 is 5.73. The molecule has 1 aliphatic heterocycles. The predicted molar refractivity (Wildman–Crippen MR) is 98.6 cm³/mol. The quantitative estimate of drug-likeness (QED) is 0.868. The average Bonchev–Trinajstić information content (AvgIpc) is 2.57. The van der Waals surface area contributed by atoms with E-state index in [4.69, 9.17) is 4.74 Å². The van der Waals surface area contributed by atoms with E-state index >= 15 is 0 Å². The molecule has 1 aliphatic rings. The molecular formula is C17H21Cl2N3O2. The second-order valence-corrected chi connectivity index (χ2v) is 5.31. The average molecular weight is 370 g/mol. The summed E-state index contributed by atoms with van der Waals surface area (Å²) in [6.07, 6.45) is 3.67. The first-order valence-electron chi connectivity index (χ1n) is 7.52. The first kappa shape index (κ1) is 20.2. The Morgan fingerprint density at radius 3 is 2.67 bits per heavy atom. The Kier molecular flexibility index (Phi) is 8.54. The third-order valence-electron chi connectivity index (χ3n) is 3.58. The van der Waals surface area contributed by atoms with Gasteiger partial charge in [-0.05, 0) is 37.6 Å². The highest BCUT2D eigenvalue weighted by Crippen LogP contribution is 2.20. The fraction of sp³-hybridized carbons (Fsp3) is 0.294. The number of pyridine rings is 1. The summed E-state index contributed by atoms with van der Waals surface area (Å²) in [4.78, 5) is 16.4. The van der Waals surface area contributed by atoms with Gasteiger partial charge in [0.15, 0.2) is 0 Å². The summed E-state index contributed by atoms with van der Waals surface area (Å²) in [6.45, 7) is 1.83. The van der Waals surface area contributed by atoms with Gasteiger partial charge in [-0.1, -0.05) is 18.2 Å². The van der Waals surface area contributed by atoms with Gasteiger partial charge in [0.2, 0.25) is 0 Å². The van der Waals surface area contributed by atoms with Crippen molar-refractivity contribution in [3.8, 4) is 11.5 Å². The Labute approximate surface area is 154 Å². The maximum Gasteiger partial charge on any atom is 0.270 e. The molecule has 130 valence electrons. The van der Waals surface area contributed by atoms with Crippen molar-refractivity contribution in [1.29, 1.82) is 0 Å². The minimum Gasteiger partial charge on any atom is -0.457 e. The summed E-state index contributed by atoms with van der Waals surface area (Å²) >= 11 is 0. The number of nitrogens with one attached hydrogen (secondary N) is 2. The second-order valence-electron chi connectivity index (χ2n) is 5.31. The molecular weight excluding hydrogens is 349 g/mol. The normalized spacial score (nSPS) is 16.2. The number of benzene rings is 1. The molecule has 5 nitrogen and oxygen atoms in total. The molecule has 2 N–H and O–H groups in total. The van der Waals surface area contributed by atoms with Crippen molar-refractivity contribution in [2.45, 2.75) is 18.9 Å². The van der Waals surface area contributed by atoms with Crippen LogP contribution in [0.2, 0.25) is 0 Å². The van der Waals surface area contributed by atoms with E-state index in [2.05, 4.69) is 15.6 Å². The molecule has 1 aromatic carbocycles. The molecule has 2 heterocycles. The molecule has 3 rings (SSSR count). The summed E-state index contributed by atoms with van der Waals surface area (Å²) in [7, 11) is 0. The van der Waals surface area contributed by atoms with Gasteiger partial charge in [0, 0.05) is 24.8 Å². The second kappa shape index (κ2) is 10.1. The lowest BCUT2D eigenvalue weighted by Crippen LogP contribution is -2.45. The number of hydrogen-bond donors (Lipinski definition) is 2. The van der Waals surface area contributed by atoms with Crippen molar-refractivity contribution >= 4 is 30.7 Å². The number of hydrogen-bond acceptors (Lipinski definition) is 4.